The highest BCUT2D eigenvalue weighted by molar-refractivity contribution is 5.39. The maximum Gasteiger partial charge on any atom is 0.125 e. The highest BCUT2D eigenvalue weighted by atomic mass is 16.5. The molecule has 2 aliphatic heterocycles. The lowest BCUT2D eigenvalue weighted by Gasteiger charge is -2.40. The Morgan fingerprint density at radius 3 is 2.74 bits per heavy atom. The summed E-state index contributed by atoms with van der Waals surface area (Å²) in [6.07, 6.45) is 2.85. The van der Waals surface area contributed by atoms with Crippen LogP contribution in [0.25, 0.3) is 0 Å². The Labute approximate surface area is 116 Å². The zero-order valence-electron chi connectivity index (χ0n) is 12.3. The van der Waals surface area contributed by atoms with Gasteiger partial charge in [0, 0.05) is 11.5 Å². The summed E-state index contributed by atoms with van der Waals surface area (Å²) in [4.78, 5) is 0. The largest absolute Gasteiger partial charge is 0.487 e. The minimum atomic E-state index is -0.134. The summed E-state index contributed by atoms with van der Waals surface area (Å²) in [5.74, 6) is 2.15. The van der Waals surface area contributed by atoms with Gasteiger partial charge in [0.05, 0.1) is 12.2 Å². The zero-order valence-corrected chi connectivity index (χ0v) is 12.3. The van der Waals surface area contributed by atoms with Crippen LogP contribution in [-0.2, 0) is 4.74 Å². The molecule has 0 amide bonds. The zero-order chi connectivity index (χ0) is 13.6. The average Bonchev–Trinajstić information content (AvgIpc) is 2.72. The van der Waals surface area contributed by atoms with E-state index in [4.69, 9.17) is 9.47 Å². The number of benzene rings is 1. The van der Waals surface area contributed by atoms with Crippen molar-refractivity contribution in [3.63, 3.8) is 0 Å². The second-order valence-electron chi connectivity index (χ2n) is 6.89. The van der Waals surface area contributed by atoms with Crippen molar-refractivity contribution < 1.29 is 9.47 Å². The molecule has 0 aromatic heterocycles. The van der Waals surface area contributed by atoms with E-state index in [1.807, 2.05) is 6.07 Å². The summed E-state index contributed by atoms with van der Waals surface area (Å²) < 4.78 is 12.6. The number of rotatable bonds is 2. The van der Waals surface area contributed by atoms with Crippen molar-refractivity contribution >= 4 is 0 Å². The lowest BCUT2D eigenvalue weighted by molar-refractivity contribution is -0.0439. The second-order valence-corrected chi connectivity index (χ2v) is 6.89. The normalized spacial score (nSPS) is 31.7. The monoisotopic (exact) mass is 260 g/mol. The topological polar surface area (TPSA) is 18.5 Å². The molecule has 104 valence electrons. The van der Waals surface area contributed by atoms with E-state index in [1.165, 1.54) is 5.56 Å². The molecular weight excluding hydrogens is 236 g/mol. The Hall–Kier alpha value is -1.02. The standard InChI is InChI=1S/C17H24O2/c1-11(2)9-12-10-14-16(18-12)13-7-5-6-8-15(13)19-17(14,3)4/h5-8,11-12,14,16H,9-10H2,1-4H3/t12-,14+,16-/m1/s1. The van der Waals surface area contributed by atoms with Gasteiger partial charge in [-0.2, -0.15) is 0 Å². The molecule has 2 nitrogen and oxygen atoms in total. The third kappa shape index (κ3) is 2.27. The summed E-state index contributed by atoms with van der Waals surface area (Å²) in [6, 6.07) is 8.33. The third-order valence-electron chi connectivity index (χ3n) is 4.45. The van der Waals surface area contributed by atoms with Crippen molar-refractivity contribution in [1.29, 1.82) is 0 Å². The number of fused-ring (bicyclic) bond motifs is 3. The van der Waals surface area contributed by atoms with E-state index in [0.29, 0.717) is 17.9 Å². The van der Waals surface area contributed by atoms with Gasteiger partial charge < -0.3 is 9.47 Å². The molecule has 0 spiro atoms. The molecule has 0 aliphatic carbocycles. The first-order valence-electron chi connectivity index (χ1n) is 7.41. The van der Waals surface area contributed by atoms with Gasteiger partial charge in [-0.15, -0.1) is 0 Å². The van der Waals surface area contributed by atoms with Crippen LogP contribution < -0.4 is 4.74 Å². The van der Waals surface area contributed by atoms with Crippen LogP contribution in [0.3, 0.4) is 0 Å². The third-order valence-corrected chi connectivity index (χ3v) is 4.45. The van der Waals surface area contributed by atoms with Crippen molar-refractivity contribution in [3.8, 4) is 5.75 Å². The Balaban J connectivity index is 1.91. The molecule has 2 heteroatoms. The van der Waals surface area contributed by atoms with E-state index in [1.54, 1.807) is 0 Å². The number of hydrogen-bond donors (Lipinski definition) is 0. The molecule has 2 aliphatic rings. The highest BCUT2D eigenvalue weighted by Gasteiger charge is 2.49. The van der Waals surface area contributed by atoms with Gasteiger partial charge in [0.1, 0.15) is 11.4 Å². The summed E-state index contributed by atoms with van der Waals surface area (Å²) in [6.45, 7) is 8.92. The molecule has 0 unspecified atom stereocenters. The summed E-state index contributed by atoms with van der Waals surface area (Å²) >= 11 is 0. The molecule has 1 aromatic carbocycles. The molecule has 1 aromatic rings. The van der Waals surface area contributed by atoms with Crippen molar-refractivity contribution in [2.45, 2.75) is 58.3 Å². The molecule has 0 bridgehead atoms. The van der Waals surface area contributed by atoms with Crippen LogP contribution in [0.15, 0.2) is 24.3 Å². The fourth-order valence-corrected chi connectivity index (χ4v) is 3.55. The van der Waals surface area contributed by atoms with Gasteiger partial charge in [-0.1, -0.05) is 32.0 Å². The lowest BCUT2D eigenvalue weighted by Crippen LogP contribution is -2.42. The molecule has 0 N–H and O–H groups in total. The Bertz CT molecular complexity index is 464. The van der Waals surface area contributed by atoms with Crippen LogP contribution in [0.2, 0.25) is 0 Å². The maximum atomic E-state index is 6.36. The van der Waals surface area contributed by atoms with E-state index < -0.39 is 0 Å². The first kappa shape index (κ1) is 13.0. The minimum absolute atomic E-state index is 0.134. The molecule has 19 heavy (non-hydrogen) atoms. The number of hydrogen-bond acceptors (Lipinski definition) is 2. The van der Waals surface area contributed by atoms with Crippen LogP contribution in [0.1, 0.15) is 52.2 Å². The smallest absolute Gasteiger partial charge is 0.125 e. The van der Waals surface area contributed by atoms with Crippen molar-refractivity contribution in [2.24, 2.45) is 11.8 Å². The molecular formula is C17H24O2. The fourth-order valence-electron chi connectivity index (χ4n) is 3.55. The first-order valence-corrected chi connectivity index (χ1v) is 7.41. The van der Waals surface area contributed by atoms with E-state index >= 15 is 0 Å². The van der Waals surface area contributed by atoms with E-state index in [0.717, 1.165) is 18.6 Å². The number of ether oxygens (including phenoxy) is 2. The lowest BCUT2D eigenvalue weighted by atomic mass is 9.78. The van der Waals surface area contributed by atoms with E-state index in [9.17, 15) is 0 Å². The van der Waals surface area contributed by atoms with Gasteiger partial charge in [-0.3, -0.25) is 0 Å². The minimum Gasteiger partial charge on any atom is -0.487 e. The van der Waals surface area contributed by atoms with Crippen LogP contribution in [-0.4, -0.2) is 11.7 Å². The Kier molecular flexibility index (Phi) is 3.09. The SMILES string of the molecule is CC(C)C[C@@H]1C[C@H]2[C@H](O1)c1ccccc1OC2(C)C. The fraction of sp³-hybridized carbons (Fsp3) is 0.647. The molecule has 1 saturated heterocycles. The average molecular weight is 260 g/mol. The van der Waals surface area contributed by atoms with Gasteiger partial charge >= 0.3 is 0 Å². The number of para-hydroxylation sites is 1. The highest BCUT2D eigenvalue weighted by Crippen LogP contribution is 2.52. The predicted octanol–water partition coefficient (Wildman–Crippen LogP) is 4.35. The van der Waals surface area contributed by atoms with Crippen LogP contribution in [0.5, 0.6) is 5.75 Å². The van der Waals surface area contributed by atoms with Crippen molar-refractivity contribution in [2.75, 3.05) is 0 Å². The van der Waals surface area contributed by atoms with Gasteiger partial charge in [-0.05, 0) is 38.7 Å². The van der Waals surface area contributed by atoms with Gasteiger partial charge in [0.2, 0.25) is 0 Å². The van der Waals surface area contributed by atoms with Crippen molar-refractivity contribution in [3.05, 3.63) is 29.8 Å². The van der Waals surface area contributed by atoms with Gasteiger partial charge in [0.15, 0.2) is 0 Å². The van der Waals surface area contributed by atoms with E-state index in [2.05, 4.69) is 45.9 Å². The van der Waals surface area contributed by atoms with Gasteiger partial charge in [-0.25, -0.2) is 0 Å². The quantitative estimate of drug-likeness (QED) is 0.787. The molecule has 0 saturated carbocycles. The molecule has 3 atom stereocenters. The molecule has 2 heterocycles. The summed E-state index contributed by atoms with van der Waals surface area (Å²) in [5.41, 5.74) is 1.10. The van der Waals surface area contributed by atoms with Crippen LogP contribution >= 0.6 is 0 Å². The van der Waals surface area contributed by atoms with Crippen molar-refractivity contribution in [1.82, 2.24) is 0 Å². The molecule has 3 rings (SSSR count). The first-order chi connectivity index (χ1) is 8.97. The van der Waals surface area contributed by atoms with Crippen LogP contribution in [0, 0.1) is 11.8 Å². The molecule has 0 radical (unpaired) electrons. The second kappa shape index (κ2) is 4.52. The predicted molar refractivity (Wildman–Crippen MR) is 76.3 cm³/mol. The van der Waals surface area contributed by atoms with E-state index in [-0.39, 0.29) is 11.7 Å². The Morgan fingerprint density at radius 1 is 1.26 bits per heavy atom. The summed E-state index contributed by atoms with van der Waals surface area (Å²) in [7, 11) is 0. The Morgan fingerprint density at radius 2 is 2.00 bits per heavy atom. The molecule has 1 fully saturated rings. The van der Waals surface area contributed by atoms with Gasteiger partial charge in [0.25, 0.3) is 0 Å². The summed E-state index contributed by atoms with van der Waals surface area (Å²) in [5, 5.41) is 0. The van der Waals surface area contributed by atoms with Crippen LogP contribution in [0.4, 0.5) is 0 Å². The maximum absolute atomic E-state index is 6.36.